The lowest BCUT2D eigenvalue weighted by molar-refractivity contribution is -0.0189. The van der Waals surface area contributed by atoms with Crippen LogP contribution in [0, 0.1) is 0 Å². The topological polar surface area (TPSA) is 15.3 Å². The van der Waals surface area contributed by atoms with E-state index >= 15 is 0 Å². The van der Waals surface area contributed by atoms with Crippen molar-refractivity contribution in [2.45, 2.75) is 84.3 Å². The van der Waals surface area contributed by atoms with E-state index in [-0.39, 0.29) is 0 Å². The van der Waals surface area contributed by atoms with Crippen LogP contribution in [0.4, 0.5) is 0 Å². The van der Waals surface area contributed by atoms with Crippen molar-refractivity contribution in [1.29, 1.82) is 0 Å². The first kappa shape index (κ1) is 15.0. The van der Waals surface area contributed by atoms with Gasteiger partial charge in [0.2, 0.25) is 0 Å². The lowest BCUT2D eigenvalue weighted by Gasteiger charge is -2.55. The van der Waals surface area contributed by atoms with Crippen molar-refractivity contribution in [1.82, 2.24) is 10.2 Å². The Morgan fingerprint density at radius 2 is 1.71 bits per heavy atom. The van der Waals surface area contributed by atoms with Gasteiger partial charge in [0.15, 0.2) is 0 Å². The summed E-state index contributed by atoms with van der Waals surface area (Å²) in [6.45, 7) is 16.4. The Morgan fingerprint density at radius 1 is 1.12 bits per heavy atom. The molecule has 1 N–H and O–H groups in total. The minimum atomic E-state index is 0.337. The monoisotopic (exact) mass is 240 g/mol. The van der Waals surface area contributed by atoms with Crippen LogP contribution in [-0.2, 0) is 0 Å². The number of nitrogens with zero attached hydrogens (tertiary/aromatic N) is 1. The molecule has 2 heteroatoms. The summed E-state index contributed by atoms with van der Waals surface area (Å²) in [5, 5.41) is 3.84. The van der Waals surface area contributed by atoms with Crippen LogP contribution < -0.4 is 5.32 Å². The molecule has 1 aliphatic rings. The summed E-state index contributed by atoms with van der Waals surface area (Å²) >= 11 is 0. The lowest BCUT2D eigenvalue weighted by atomic mass is 9.82. The van der Waals surface area contributed by atoms with Crippen molar-refractivity contribution >= 4 is 0 Å². The third-order valence-electron chi connectivity index (χ3n) is 5.25. The largest absolute Gasteiger partial charge is 0.308 e. The van der Waals surface area contributed by atoms with Crippen LogP contribution in [-0.4, -0.2) is 35.1 Å². The van der Waals surface area contributed by atoms with Crippen molar-refractivity contribution in [2.75, 3.05) is 13.1 Å². The third kappa shape index (κ3) is 2.85. The molecular formula is C15H32N2. The number of hydrogen-bond acceptors (Lipinski definition) is 2. The highest BCUT2D eigenvalue weighted by atomic mass is 15.3. The summed E-state index contributed by atoms with van der Waals surface area (Å²) < 4.78 is 0. The molecule has 1 saturated heterocycles. The predicted octanol–water partition coefficient (Wildman–Crippen LogP) is 3.42. The molecule has 0 aromatic carbocycles. The van der Waals surface area contributed by atoms with Crippen molar-refractivity contribution in [3.63, 3.8) is 0 Å². The van der Waals surface area contributed by atoms with E-state index in [0.29, 0.717) is 17.1 Å². The SMILES string of the molecule is CCC(C)N1CC(CC)(CC)NCC1(C)CC. The molecule has 0 aromatic rings. The summed E-state index contributed by atoms with van der Waals surface area (Å²) in [6.07, 6.45) is 4.94. The van der Waals surface area contributed by atoms with Gasteiger partial charge in [-0.25, -0.2) is 0 Å². The molecule has 1 heterocycles. The van der Waals surface area contributed by atoms with E-state index in [0.717, 1.165) is 6.54 Å². The average Bonchev–Trinajstić information content (AvgIpc) is 2.39. The van der Waals surface area contributed by atoms with Gasteiger partial charge in [0.05, 0.1) is 0 Å². The molecule has 2 nitrogen and oxygen atoms in total. The van der Waals surface area contributed by atoms with E-state index in [1.54, 1.807) is 0 Å². The molecule has 0 spiro atoms. The Morgan fingerprint density at radius 3 is 2.12 bits per heavy atom. The molecule has 102 valence electrons. The van der Waals surface area contributed by atoms with Crippen LogP contribution in [0.2, 0.25) is 0 Å². The van der Waals surface area contributed by atoms with Gasteiger partial charge in [-0.15, -0.1) is 0 Å². The van der Waals surface area contributed by atoms with E-state index in [1.165, 1.54) is 32.2 Å². The number of hydrogen-bond donors (Lipinski definition) is 1. The van der Waals surface area contributed by atoms with Crippen LogP contribution >= 0.6 is 0 Å². The molecule has 1 rings (SSSR count). The summed E-state index contributed by atoms with van der Waals surface area (Å²) in [7, 11) is 0. The zero-order valence-electron chi connectivity index (χ0n) is 12.8. The van der Waals surface area contributed by atoms with E-state index < -0.39 is 0 Å². The second-order valence-corrected chi connectivity index (χ2v) is 6.08. The van der Waals surface area contributed by atoms with Gasteiger partial charge in [0.1, 0.15) is 0 Å². The lowest BCUT2D eigenvalue weighted by Crippen LogP contribution is -2.70. The van der Waals surface area contributed by atoms with E-state index in [9.17, 15) is 0 Å². The zero-order valence-corrected chi connectivity index (χ0v) is 12.8. The minimum absolute atomic E-state index is 0.337. The highest BCUT2D eigenvalue weighted by Gasteiger charge is 2.43. The molecule has 1 aliphatic heterocycles. The van der Waals surface area contributed by atoms with Gasteiger partial charge in [-0.1, -0.05) is 27.7 Å². The quantitative estimate of drug-likeness (QED) is 0.792. The standard InChI is InChI=1S/C15H32N2/c1-7-13(5)17-12-15(9-3,10-4)16-11-14(17,6)8-2/h13,16H,7-12H2,1-6H3. The fraction of sp³-hybridized carbons (Fsp3) is 1.00. The maximum absolute atomic E-state index is 3.84. The van der Waals surface area contributed by atoms with Crippen molar-refractivity contribution in [3.8, 4) is 0 Å². The Labute approximate surface area is 108 Å². The highest BCUT2D eigenvalue weighted by Crippen LogP contribution is 2.32. The normalized spacial score (nSPS) is 31.4. The molecule has 17 heavy (non-hydrogen) atoms. The Bertz CT molecular complexity index is 235. The minimum Gasteiger partial charge on any atom is -0.308 e. The van der Waals surface area contributed by atoms with Crippen LogP contribution in [0.25, 0.3) is 0 Å². The summed E-state index contributed by atoms with van der Waals surface area (Å²) in [6, 6.07) is 0.694. The fourth-order valence-corrected chi connectivity index (χ4v) is 3.01. The number of nitrogens with one attached hydrogen (secondary N) is 1. The first-order chi connectivity index (χ1) is 7.97. The molecule has 0 radical (unpaired) electrons. The molecule has 0 aromatic heterocycles. The summed E-state index contributed by atoms with van der Waals surface area (Å²) in [5.74, 6) is 0. The smallest absolute Gasteiger partial charge is 0.0307 e. The van der Waals surface area contributed by atoms with E-state index in [4.69, 9.17) is 0 Å². The van der Waals surface area contributed by atoms with Crippen LogP contribution in [0.1, 0.15) is 67.2 Å². The second kappa shape index (κ2) is 5.71. The maximum atomic E-state index is 3.84. The molecule has 1 fully saturated rings. The van der Waals surface area contributed by atoms with Crippen LogP contribution in [0.5, 0.6) is 0 Å². The molecule has 0 aliphatic carbocycles. The molecule has 0 amide bonds. The third-order valence-corrected chi connectivity index (χ3v) is 5.25. The molecule has 0 bridgehead atoms. The van der Waals surface area contributed by atoms with Gasteiger partial charge in [-0.05, 0) is 39.5 Å². The van der Waals surface area contributed by atoms with E-state index in [1.807, 2.05) is 0 Å². The summed E-state index contributed by atoms with van der Waals surface area (Å²) in [5.41, 5.74) is 0.682. The van der Waals surface area contributed by atoms with Crippen molar-refractivity contribution in [2.24, 2.45) is 0 Å². The fourth-order valence-electron chi connectivity index (χ4n) is 3.01. The molecule has 2 atom stereocenters. The highest BCUT2D eigenvalue weighted by molar-refractivity contribution is 5.03. The van der Waals surface area contributed by atoms with Gasteiger partial charge >= 0.3 is 0 Å². The Hall–Kier alpha value is -0.0800. The number of rotatable bonds is 5. The first-order valence-corrected chi connectivity index (χ1v) is 7.48. The van der Waals surface area contributed by atoms with Crippen molar-refractivity contribution in [3.05, 3.63) is 0 Å². The van der Waals surface area contributed by atoms with Crippen LogP contribution in [0.3, 0.4) is 0 Å². The van der Waals surface area contributed by atoms with Gasteiger partial charge < -0.3 is 5.32 Å². The zero-order chi connectivity index (χ0) is 13.1. The van der Waals surface area contributed by atoms with Crippen LogP contribution in [0.15, 0.2) is 0 Å². The van der Waals surface area contributed by atoms with Gasteiger partial charge in [0.25, 0.3) is 0 Å². The maximum Gasteiger partial charge on any atom is 0.0307 e. The van der Waals surface area contributed by atoms with Gasteiger partial charge in [0, 0.05) is 30.2 Å². The van der Waals surface area contributed by atoms with Gasteiger partial charge in [-0.3, -0.25) is 4.90 Å². The predicted molar refractivity (Wildman–Crippen MR) is 76.5 cm³/mol. The molecule has 2 unspecified atom stereocenters. The molecular weight excluding hydrogens is 208 g/mol. The summed E-state index contributed by atoms with van der Waals surface area (Å²) in [4.78, 5) is 2.76. The second-order valence-electron chi connectivity index (χ2n) is 6.08. The molecule has 0 saturated carbocycles. The number of piperazine rings is 1. The average molecular weight is 240 g/mol. The Kier molecular flexibility index (Phi) is 5.03. The Balaban J connectivity index is 2.91. The van der Waals surface area contributed by atoms with Crippen molar-refractivity contribution < 1.29 is 0 Å². The first-order valence-electron chi connectivity index (χ1n) is 7.48. The van der Waals surface area contributed by atoms with Gasteiger partial charge in [-0.2, -0.15) is 0 Å². The van der Waals surface area contributed by atoms with E-state index in [2.05, 4.69) is 51.8 Å².